The molecule has 0 aliphatic heterocycles. The van der Waals surface area contributed by atoms with Crippen LogP contribution >= 0.6 is 0 Å². The van der Waals surface area contributed by atoms with E-state index < -0.39 is 0 Å². The van der Waals surface area contributed by atoms with E-state index >= 15 is 0 Å². The highest BCUT2D eigenvalue weighted by molar-refractivity contribution is 6.25. The molecule has 2 N–H and O–H groups in total. The van der Waals surface area contributed by atoms with Gasteiger partial charge in [-0.25, -0.2) is 4.98 Å². The lowest BCUT2D eigenvalue weighted by atomic mass is 9.92. The third kappa shape index (κ3) is 5.49. The molecule has 0 spiro atoms. The van der Waals surface area contributed by atoms with Crippen molar-refractivity contribution in [3.05, 3.63) is 70.7 Å². The summed E-state index contributed by atoms with van der Waals surface area (Å²) in [6.45, 7) is 10.9. The number of fused-ring (bicyclic) bond motifs is 1. The number of aromatic nitrogens is 2. The lowest BCUT2D eigenvalue weighted by Crippen LogP contribution is -2.28. The number of carbonyl (C=O) groups is 1. The molecule has 5 nitrogen and oxygen atoms in total. The summed E-state index contributed by atoms with van der Waals surface area (Å²) in [7, 11) is 0. The van der Waals surface area contributed by atoms with Crippen molar-refractivity contribution in [3.8, 4) is 0 Å². The number of hydrogen-bond acceptors (Lipinski definition) is 4. The van der Waals surface area contributed by atoms with E-state index in [0.29, 0.717) is 17.8 Å². The number of aliphatic hydroxyl groups is 1. The number of aliphatic hydroxyl groups excluding tert-OH is 1. The summed E-state index contributed by atoms with van der Waals surface area (Å²) >= 11 is 0. The zero-order chi connectivity index (χ0) is 22.5. The van der Waals surface area contributed by atoms with Gasteiger partial charge >= 0.3 is 0 Å². The van der Waals surface area contributed by atoms with Crippen molar-refractivity contribution in [1.29, 1.82) is 0 Å². The molecule has 3 rings (SSSR count). The zero-order valence-electron chi connectivity index (χ0n) is 19.1. The zero-order valence-corrected chi connectivity index (χ0v) is 19.1. The highest BCUT2D eigenvalue weighted by atomic mass is 16.3. The minimum Gasteiger partial charge on any atom is -0.395 e. The molecule has 2 unspecified atom stereocenters. The summed E-state index contributed by atoms with van der Waals surface area (Å²) in [6.07, 6.45) is 6.73. The minimum absolute atomic E-state index is 0.0540. The van der Waals surface area contributed by atoms with Crippen molar-refractivity contribution in [2.24, 2.45) is 5.92 Å². The number of carbonyl (C=O) groups excluding carboxylic acids is 1. The molecular weight excluding hydrogens is 386 g/mol. The number of Topliss-reactive ketones (excluding diaryl/α,β-unsaturated/α-hetero) is 1. The average Bonchev–Trinajstić information content (AvgIpc) is 3.18. The Morgan fingerprint density at radius 3 is 2.65 bits per heavy atom. The third-order valence-electron chi connectivity index (χ3n) is 5.76. The highest BCUT2D eigenvalue weighted by Crippen LogP contribution is 2.25. The highest BCUT2D eigenvalue weighted by Gasteiger charge is 2.21. The topological polar surface area (TPSA) is 66.6 Å². The standard InChI is InChI=1S/C26H33N3O2/c1-6-18(3)26(31)23(24-15-29-14-17(2)7-10-25(29)28-24)12-22-9-8-21(11-19(22)4)13-27-20(5)16-30/h7-12,14-15,18,20,27,30H,6,13,16H2,1-5H3/b23-12-. The average molecular weight is 420 g/mol. The van der Waals surface area contributed by atoms with Crippen LogP contribution in [0.3, 0.4) is 0 Å². The molecule has 2 aromatic heterocycles. The Morgan fingerprint density at radius 1 is 1.19 bits per heavy atom. The molecule has 0 fully saturated rings. The van der Waals surface area contributed by atoms with Crippen LogP contribution in [0.15, 0.2) is 42.7 Å². The lowest BCUT2D eigenvalue weighted by Gasteiger charge is -2.13. The number of benzene rings is 1. The fraction of sp³-hybridized carbons (Fsp3) is 0.385. The van der Waals surface area contributed by atoms with Crippen molar-refractivity contribution in [3.63, 3.8) is 0 Å². The molecule has 31 heavy (non-hydrogen) atoms. The number of ketones is 1. The van der Waals surface area contributed by atoms with E-state index in [2.05, 4.69) is 30.4 Å². The van der Waals surface area contributed by atoms with Gasteiger partial charge in [-0.3, -0.25) is 4.79 Å². The van der Waals surface area contributed by atoms with Crippen LogP contribution in [0.5, 0.6) is 0 Å². The molecule has 0 amide bonds. The molecule has 2 heterocycles. The number of aryl methyl sites for hydroxylation is 2. The lowest BCUT2D eigenvalue weighted by molar-refractivity contribution is -0.116. The van der Waals surface area contributed by atoms with Crippen molar-refractivity contribution >= 4 is 23.1 Å². The number of rotatable bonds is 9. The van der Waals surface area contributed by atoms with Crippen molar-refractivity contribution in [2.75, 3.05) is 6.61 Å². The number of nitrogens with zero attached hydrogens (tertiary/aromatic N) is 2. The van der Waals surface area contributed by atoms with Crippen LogP contribution in [-0.2, 0) is 11.3 Å². The van der Waals surface area contributed by atoms with Crippen molar-refractivity contribution in [2.45, 2.75) is 53.6 Å². The van der Waals surface area contributed by atoms with Gasteiger partial charge in [0.05, 0.1) is 12.3 Å². The Bertz CT molecular complexity index is 1100. The molecule has 0 saturated carbocycles. The third-order valence-corrected chi connectivity index (χ3v) is 5.76. The summed E-state index contributed by atoms with van der Waals surface area (Å²) in [5.41, 5.74) is 6.60. The van der Waals surface area contributed by atoms with Crippen LogP contribution in [-0.4, -0.2) is 32.9 Å². The summed E-state index contributed by atoms with van der Waals surface area (Å²) in [4.78, 5) is 18.0. The number of hydrogen-bond donors (Lipinski definition) is 2. The number of imidazole rings is 1. The normalized spacial score (nSPS) is 14.1. The maximum Gasteiger partial charge on any atom is 0.167 e. The molecule has 0 aliphatic rings. The van der Waals surface area contributed by atoms with Gasteiger partial charge < -0.3 is 14.8 Å². The molecular formula is C26H33N3O2. The maximum absolute atomic E-state index is 13.3. The van der Waals surface area contributed by atoms with Crippen LogP contribution in [0.1, 0.15) is 55.1 Å². The monoisotopic (exact) mass is 419 g/mol. The molecule has 3 aromatic rings. The Kier molecular flexibility index (Phi) is 7.42. The first-order valence-corrected chi connectivity index (χ1v) is 11.0. The fourth-order valence-electron chi connectivity index (χ4n) is 3.48. The first-order valence-electron chi connectivity index (χ1n) is 11.0. The van der Waals surface area contributed by atoms with E-state index in [1.807, 2.05) is 62.7 Å². The van der Waals surface area contributed by atoms with Crippen LogP contribution in [0.2, 0.25) is 0 Å². The van der Waals surface area contributed by atoms with Gasteiger partial charge in [0.2, 0.25) is 0 Å². The van der Waals surface area contributed by atoms with Gasteiger partial charge in [-0.1, -0.05) is 38.1 Å². The van der Waals surface area contributed by atoms with Gasteiger partial charge in [0.15, 0.2) is 5.78 Å². The molecule has 0 radical (unpaired) electrons. The molecule has 0 aliphatic carbocycles. The van der Waals surface area contributed by atoms with Gasteiger partial charge in [0.25, 0.3) is 0 Å². The molecule has 2 atom stereocenters. The van der Waals surface area contributed by atoms with E-state index in [9.17, 15) is 9.90 Å². The number of allylic oxidation sites excluding steroid dienone is 1. The summed E-state index contributed by atoms with van der Waals surface area (Å²) in [5.74, 6) is 0.0473. The van der Waals surface area contributed by atoms with E-state index in [1.54, 1.807) is 0 Å². The Balaban J connectivity index is 1.99. The van der Waals surface area contributed by atoms with E-state index in [4.69, 9.17) is 4.98 Å². The molecule has 0 saturated heterocycles. The molecule has 1 aromatic carbocycles. The second kappa shape index (κ2) is 10.0. The second-order valence-corrected chi connectivity index (χ2v) is 8.49. The Hall–Kier alpha value is -2.76. The maximum atomic E-state index is 13.3. The van der Waals surface area contributed by atoms with Gasteiger partial charge in [0, 0.05) is 36.5 Å². The predicted octanol–water partition coefficient (Wildman–Crippen LogP) is 4.58. The first kappa shape index (κ1) is 22.9. The van der Waals surface area contributed by atoms with E-state index in [-0.39, 0.29) is 24.3 Å². The second-order valence-electron chi connectivity index (χ2n) is 8.49. The summed E-state index contributed by atoms with van der Waals surface area (Å²) in [6, 6.07) is 10.3. The van der Waals surface area contributed by atoms with E-state index in [0.717, 1.165) is 34.3 Å². The molecule has 0 bridgehead atoms. The van der Waals surface area contributed by atoms with E-state index in [1.165, 1.54) is 0 Å². The van der Waals surface area contributed by atoms with Gasteiger partial charge in [-0.05, 0) is 61.6 Å². The van der Waals surface area contributed by atoms with Gasteiger partial charge in [-0.15, -0.1) is 0 Å². The quantitative estimate of drug-likeness (QED) is 0.498. The Morgan fingerprint density at radius 2 is 1.97 bits per heavy atom. The molecule has 5 heteroatoms. The van der Waals surface area contributed by atoms with Crippen LogP contribution < -0.4 is 5.32 Å². The molecule has 164 valence electrons. The largest absolute Gasteiger partial charge is 0.395 e. The summed E-state index contributed by atoms with van der Waals surface area (Å²) in [5, 5.41) is 12.5. The SMILES string of the molecule is CCC(C)C(=O)/C(=C\c1ccc(CNC(C)CO)cc1C)c1cn2cc(C)ccc2n1. The first-order chi connectivity index (χ1) is 14.8. The predicted molar refractivity (Wildman–Crippen MR) is 127 cm³/mol. The van der Waals surface area contributed by atoms with Gasteiger partial charge in [-0.2, -0.15) is 0 Å². The Labute approximate surface area is 184 Å². The number of nitrogens with one attached hydrogen (secondary N) is 1. The fourth-order valence-corrected chi connectivity index (χ4v) is 3.48. The van der Waals surface area contributed by atoms with Crippen molar-refractivity contribution in [1.82, 2.24) is 14.7 Å². The summed E-state index contributed by atoms with van der Waals surface area (Å²) < 4.78 is 1.98. The number of pyridine rings is 1. The van der Waals surface area contributed by atoms with Crippen LogP contribution in [0.25, 0.3) is 17.3 Å². The van der Waals surface area contributed by atoms with Gasteiger partial charge in [0.1, 0.15) is 5.65 Å². The van der Waals surface area contributed by atoms with Crippen LogP contribution in [0, 0.1) is 19.8 Å². The minimum atomic E-state index is -0.0680. The van der Waals surface area contributed by atoms with Crippen molar-refractivity contribution < 1.29 is 9.90 Å². The smallest absolute Gasteiger partial charge is 0.167 e. The van der Waals surface area contributed by atoms with Crippen LogP contribution in [0.4, 0.5) is 0 Å².